The normalized spacial score (nSPS) is 10.1. The fourth-order valence-electron chi connectivity index (χ4n) is 3.12. The Balaban J connectivity index is 2.23. The van der Waals surface area contributed by atoms with Crippen molar-refractivity contribution in [2.45, 2.75) is 27.7 Å². The monoisotopic (exact) mass is 378 g/mol. The van der Waals surface area contributed by atoms with Gasteiger partial charge in [-0.25, -0.2) is 0 Å². The van der Waals surface area contributed by atoms with Crippen LogP contribution in [0.4, 0.5) is 17.1 Å². The zero-order valence-electron chi connectivity index (χ0n) is 16.8. The molecule has 28 heavy (non-hydrogen) atoms. The summed E-state index contributed by atoms with van der Waals surface area (Å²) in [5.41, 5.74) is 3.52. The van der Waals surface area contributed by atoms with Crippen LogP contribution in [0, 0.1) is 18.3 Å². The van der Waals surface area contributed by atoms with E-state index in [1.165, 1.54) is 11.8 Å². The minimum Gasteiger partial charge on any atom is -0.372 e. The molecule has 146 valence electrons. The molecular weight excluding hydrogens is 352 g/mol. The van der Waals surface area contributed by atoms with Crippen molar-refractivity contribution in [2.75, 3.05) is 34.8 Å². The maximum atomic E-state index is 12.5. The van der Waals surface area contributed by atoms with Gasteiger partial charge >= 0.3 is 0 Å². The molecule has 0 aliphatic carbocycles. The molecule has 2 amide bonds. The van der Waals surface area contributed by atoms with E-state index in [1.54, 1.807) is 24.3 Å². The van der Waals surface area contributed by atoms with Crippen molar-refractivity contribution >= 4 is 28.9 Å². The number of carbonyl (C=O) groups excluding carboxylic acids is 2. The molecule has 0 aliphatic heterocycles. The van der Waals surface area contributed by atoms with E-state index < -0.39 is 0 Å². The van der Waals surface area contributed by atoms with Crippen LogP contribution in [-0.4, -0.2) is 31.4 Å². The highest BCUT2D eigenvalue weighted by molar-refractivity contribution is 6.02. The first-order valence-electron chi connectivity index (χ1n) is 9.33. The van der Waals surface area contributed by atoms with Gasteiger partial charge in [0, 0.05) is 31.4 Å². The van der Waals surface area contributed by atoms with Gasteiger partial charge in [-0.05, 0) is 56.7 Å². The second kappa shape index (κ2) is 9.56. The Labute approximate surface area is 166 Å². The van der Waals surface area contributed by atoms with Crippen LogP contribution in [0.25, 0.3) is 0 Å². The van der Waals surface area contributed by atoms with E-state index in [0.717, 1.165) is 24.3 Å². The number of aryl methyl sites for hydroxylation is 1. The molecule has 0 aliphatic rings. The Morgan fingerprint density at radius 2 is 1.79 bits per heavy atom. The van der Waals surface area contributed by atoms with Gasteiger partial charge in [-0.2, -0.15) is 5.26 Å². The number of carbonyl (C=O) groups is 2. The van der Waals surface area contributed by atoms with E-state index in [2.05, 4.69) is 24.1 Å². The van der Waals surface area contributed by atoms with Gasteiger partial charge in [0.1, 0.15) is 12.6 Å². The summed E-state index contributed by atoms with van der Waals surface area (Å²) in [7, 11) is 0. The summed E-state index contributed by atoms with van der Waals surface area (Å²) in [4.78, 5) is 28.4. The summed E-state index contributed by atoms with van der Waals surface area (Å²) in [6.07, 6.45) is 0. The molecule has 0 fully saturated rings. The summed E-state index contributed by atoms with van der Waals surface area (Å²) < 4.78 is 0. The molecule has 0 saturated carbocycles. The summed E-state index contributed by atoms with van der Waals surface area (Å²) in [5.74, 6) is -0.576. The summed E-state index contributed by atoms with van der Waals surface area (Å²) in [6.45, 7) is 9.23. The number of anilines is 3. The largest absolute Gasteiger partial charge is 0.372 e. The van der Waals surface area contributed by atoms with E-state index in [0.29, 0.717) is 16.9 Å². The number of benzene rings is 2. The molecule has 6 heteroatoms. The van der Waals surface area contributed by atoms with Crippen molar-refractivity contribution in [1.29, 1.82) is 5.26 Å². The highest BCUT2D eigenvalue weighted by Gasteiger charge is 2.19. The third-order valence-corrected chi connectivity index (χ3v) is 4.60. The lowest BCUT2D eigenvalue weighted by molar-refractivity contribution is -0.120. The van der Waals surface area contributed by atoms with Crippen LogP contribution in [0.15, 0.2) is 42.5 Å². The number of nitrogens with zero attached hydrogens (tertiary/aromatic N) is 3. The van der Waals surface area contributed by atoms with Crippen LogP contribution >= 0.6 is 0 Å². The van der Waals surface area contributed by atoms with Gasteiger partial charge in [0.2, 0.25) is 11.8 Å². The fraction of sp³-hybridized carbons (Fsp3) is 0.318. The lowest BCUT2D eigenvalue weighted by Gasteiger charge is -2.26. The number of hydrogen-bond donors (Lipinski definition) is 1. The Hall–Kier alpha value is -3.33. The SMILES string of the molecule is CCN(CC)c1ccc(N(CC(=O)Nc2ccccc2C#N)C(C)=O)c(C)c1. The first kappa shape index (κ1) is 21.0. The predicted molar refractivity (Wildman–Crippen MR) is 113 cm³/mol. The van der Waals surface area contributed by atoms with Gasteiger partial charge in [0.15, 0.2) is 0 Å². The average molecular weight is 378 g/mol. The summed E-state index contributed by atoms with van der Waals surface area (Å²) in [6, 6.07) is 14.7. The standard InChI is InChI=1S/C22H26N4O2/c1-5-25(6-2)19-11-12-21(16(3)13-19)26(17(4)27)15-22(28)24-20-10-8-7-9-18(20)14-23/h7-13H,5-6,15H2,1-4H3,(H,24,28). The Morgan fingerprint density at radius 3 is 2.36 bits per heavy atom. The number of nitrogens with one attached hydrogen (secondary N) is 1. The molecule has 2 rings (SSSR count). The zero-order chi connectivity index (χ0) is 20.7. The van der Waals surface area contributed by atoms with Gasteiger partial charge in [0.25, 0.3) is 0 Å². The van der Waals surface area contributed by atoms with E-state index >= 15 is 0 Å². The Morgan fingerprint density at radius 1 is 1.11 bits per heavy atom. The minimum atomic E-state index is -0.356. The molecule has 1 N–H and O–H groups in total. The molecule has 0 heterocycles. The van der Waals surface area contributed by atoms with Gasteiger partial charge in [-0.3, -0.25) is 9.59 Å². The number of nitriles is 1. The molecule has 2 aromatic carbocycles. The van der Waals surface area contributed by atoms with Gasteiger partial charge in [-0.15, -0.1) is 0 Å². The van der Waals surface area contributed by atoms with Crippen LogP contribution in [-0.2, 0) is 9.59 Å². The Bertz CT molecular complexity index is 898. The number of rotatable bonds is 7. The van der Waals surface area contributed by atoms with Crippen LogP contribution in [0.5, 0.6) is 0 Å². The molecule has 0 saturated heterocycles. The van der Waals surface area contributed by atoms with Crippen molar-refractivity contribution in [1.82, 2.24) is 0 Å². The van der Waals surface area contributed by atoms with E-state index in [1.807, 2.05) is 31.2 Å². The minimum absolute atomic E-state index is 0.124. The molecule has 0 aromatic heterocycles. The topological polar surface area (TPSA) is 76.4 Å². The van der Waals surface area contributed by atoms with Crippen molar-refractivity contribution in [3.63, 3.8) is 0 Å². The lowest BCUT2D eigenvalue weighted by Crippen LogP contribution is -2.37. The number of hydrogen-bond acceptors (Lipinski definition) is 4. The van der Waals surface area contributed by atoms with Crippen molar-refractivity contribution < 1.29 is 9.59 Å². The van der Waals surface area contributed by atoms with Gasteiger partial charge in [-0.1, -0.05) is 12.1 Å². The average Bonchev–Trinajstić information content (AvgIpc) is 2.68. The van der Waals surface area contributed by atoms with E-state index in [9.17, 15) is 9.59 Å². The van der Waals surface area contributed by atoms with Gasteiger partial charge < -0.3 is 15.1 Å². The lowest BCUT2D eigenvalue weighted by atomic mass is 10.1. The smallest absolute Gasteiger partial charge is 0.244 e. The van der Waals surface area contributed by atoms with E-state index in [-0.39, 0.29) is 18.4 Å². The molecule has 0 bridgehead atoms. The van der Waals surface area contributed by atoms with Crippen LogP contribution < -0.4 is 15.1 Å². The number of para-hydroxylation sites is 1. The van der Waals surface area contributed by atoms with Crippen molar-refractivity contribution in [2.24, 2.45) is 0 Å². The fourth-order valence-corrected chi connectivity index (χ4v) is 3.12. The van der Waals surface area contributed by atoms with E-state index in [4.69, 9.17) is 5.26 Å². The third kappa shape index (κ3) is 4.89. The van der Waals surface area contributed by atoms with Crippen molar-refractivity contribution in [3.05, 3.63) is 53.6 Å². The highest BCUT2D eigenvalue weighted by Crippen LogP contribution is 2.26. The molecular formula is C22H26N4O2. The molecule has 2 aromatic rings. The van der Waals surface area contributed by atoms with Crippen LogP contribution in [0.1, 0.15) is 31.9 Å². The van der Waals surface area contributed by atoms with Gasteiger partial charge in [0.05, 0.1) is 11.3 Å². The third-order valence-electron chi connectivity index (χ3n) is 4.60. The molecule has 0 spiro atoms. The van der Waals surface area contributed by atoms with Crippen LogP contribution in [0.3, 0.4) is 0 Å². The summed E-state index contributed by atoms with van der Waals surface area (Å²) >= 11 is 0. The molecule has 0 atom stereocenters. The first-order chi connectivity index (χ1) is 13.4. The second-order valence-electron chi connectivity index (χ2n) is 6.45. The highest BCUT2D eigenvalue weighted by atomic mass is 16.2. The first-order valence-corrected chi connectivity index (χ1v) is 9.33. The number of amides is 2. The molecule has 0 radical (unpaired) electrons. The summed E-state index contributed by atoms with van der Waals surface area (Å²) in [5, 5.41) is 11.9. The maximum absolute atomic E-state index is 12.5. The zero-order valence-corrected chi connectivity index (χ0v) is 16.8. The van der Waals surface area contributed by atoms with Crippen molar-refractivity contribution in [3.8, 4) is 6.07 Å². The maximum Gasteiger partial charge on any atom is 0.244 e. The molecule has 0 unspecified atom stereocenters. The Kier molecular flexibility index (Phi) is 7.16. The second-order valence-corrected chi connectivity index (χ2v) is 6.45. The quantitative estimate of drug-likeness (QED) is 0.797. The predicted octanol–water partition coefficient (Wildman–Crippen LogP) is 3.70. The van der Waals surface area contributed by atoms with Crippen LogP contribution in [0.2, 0.25) is 0 Å². The molecule has 6 nitrogen and oxygen atoms in total.